The van der Waals surface area contributed by atoms with Crippen LogP contribution in [0.3, 0.4) is 0 Å². The smallest absolute Gasteiger partial charge is 0.0821 e. The minimum atomic E-state index is 0.397. The van der Waals surface area contributed by atoms with Crippen LogP contribution in [0.1, 0.15) is 31.1 Å². The van der Waals surface area contributed by atoms with Crippen molar-refractivity contribution in [3.8, 4) is 0 Å². The van der Waals surface area contributed by atoms with E-state index in [1.54, 1.807) is 0 Å². The van der Waals surface area contributed by atoms with Gasteiger partial charge in [-0.2, -0.15) is 5.10 Å². The van der Waals surface area contributed by atoms with Gasteiger partial charge in [0.15, 0.2) is 0 Å². The van der Waals surface area contributed by atoms with Crippen LogP contribution in [-0.2, 0) is 13.1 Å². The van der Waals surface area contributed by atoms with Crippen LogP contribution in [0.5, 0.6) is 0 Å². The Hall–Kier alpha value is -2.07. The van der Waals surface area contributed by atoms with E-state index >= 15 is 0 Å². The van der Waals surface area contributed by atoms with Crippen molar-refractivity contribution in [2.45, 2.75) is 33.0 Å². The number of nitrogens with zero attached hydrogens (tertiary/aromatic N) is 3. The molecule has 0 aliphatic heterocycles. The van der Waals surface area contributed by atoms with E-state index in [0.717, 1.165) is 17.8 Å². The fourth-order valence-electron chi connectivity index (χ4n) is 2.42. The number of fused-ring (bicyclic) bond motifs is 1. The fraction of sp³-hybridized carbons (Fsp3) is 0.312. The van der Waals surface area contributed by atoms with Gasteiger partial charge in [-0.25, -0.2) is 0 Å². The second-order valence-corrected chi connectivity index (χ2v) is 5.42. The summed E-state index contributed by atoms with van der Waals surface area (Å²) >= 11 is 0. The minimum Gasteiger partial charge on any atom is -0.341 e. The van der Waals surface area contributed by atoms with Gasteiger partial charge < -0.3 is 10.3 Å². The van der Waals surface area contributed by atoms with Gasteiger partial charge in [-0.15, -0.1) is 0 Å². The predicted octanol–water partition coefficient (Wildman–Crippen LogP) is 2.93. The zero-order valence-corrected chi connectivity index (χ0v) is 12.0. The maximum atomic E-state index is 5.72. The molecule has 2 N–H and O–H groups in total. The Morgan fingerprint density at radius 3 is 2.70 bits per heavy atom. The average molecular weight is 268 g/mol. The first kappa shape index (κ1) is 12.9. The Bertz CT molecular complexity index is 721. The monoisotopic (exact) mass is 268 g/mol. The van der Waals surface area contributed by atoms with Crippen molar-refractivity contribution in [2.75, 3.05) is 0 Å². The van der Waals surface area contributed by atoms with Gasteiger partial charge in [0.25, 0.3) is 0 Å². The molecular weight excluding hydrogens is 248 g/mol. The first-order valence-electron chi connectivity index (χ1n) is 6.99. The Balaban J connectivity index is 1.93. The molecule has 0 aliphatic rings. The van der Waals surface area contributed by atoms with Crippen molar-refractivity contribution in [1.82, 2.24) is 14.3 Å². The maximum Gasteiger partial charge on any atom is 0.0821 e. The van der Waals surface area contributed by atoms with Gasteiger partial charge >= 0.3 is 0 Å². The lowest BCUT2D eigenvalue weighted by Crippen LogP contribution is -2.04. The summed E-state index contributed by atoms with van der Waals surface area (Å²) in [4.78, 5) is 0. The van der Waals surface area contributed by atoms with E-state index in [1.807, 2.05) is 10.9 Å². The zero-order chi connectivity index (χ0) is 14.1. The molecule has 0 bridgehead atoms. The number of rotatable bonds is 4. The summed E-state index contributed by atoms with van der Waals surface area (Å²) in [5, 5.41) is 5.85. The highest BCUT2D eigenvalue weighted by molar-refractivity contribution is 5.80. The second kappa shape index (κ2) is 5.13. The highest BCUT2D eigenvalue weighted by atomic mass is 15.3. The third-order valence-corrected chi connectivity index (χ3v) is 3.60. The number of aromatic nitrogens is 3. The van der Waals surface area contributed by atoms with Crippen molar-refractivity contribution in [2.24, 2.45) is 5.73 Å². The Morgan fingerprint density at radius 1 is 1.15 bits per heavy atom. The minimum absolute atomic E-state index is 0.397. The van der Waals surface area contributed by atoms with Crippen molar-refractivity contribution in [3.63, 3.8) is 0 Å². The molecule has 4 heteroatoms. The third-order valence-electron chi connectivity index (χ3n) is 3.60. The van der Waals surface area contributed by atoms with Crippen molar-refractivity contribution in [3.05, 3.63) is 54.0 Å². The molecule has 104 valence electrons. The lowest BCUT2D eigenvalue weighted by Gasteiger charge is -2.06. The average Bonchev–Trinajstić information content (AvgIpc) is 3.06. The number of hydrogen-bond donors (Lipinski definition) is 1. The van der Waals surface area contributed by atoms with Crippen LogP contribution in [0, 0.1) is 0 Å². The SMILES string of the molecule is CC(C)n1ccc(Cn2ccc3ccc(CN)cc32)n1. The molecule has 0 aliphatic carbocycles. The highest BCUT2D eigenvalue weighted by Gasteiger charge is 2.06. The molecule has 0 saturated heterocycles. The highest BCUT2D eigenvalue weighted by Crippen LogP contribution is 2.19. The summed E-state index contributed by atoms with van der Waals surface area (Å²) in [7, 11) is 0. The van der Waals surface area contributed by atoms with E-state index in [-0.39, 0.29) is 0 Å². The normalized spacial score (nSPS) is 11.6. The van der Waals surface area contributed by atoms with Crippen LogP contribution < -0.4 is 5.73 Å². The molecule has 0 fully saturated rings. The van der Waals surface area contributed by atoms with Gasteiger partial charge in [0.2, 0.25) is 0 Å². The molecule has 0 unspecified atom stereocenters. The number of benzene rings is 1. The Morgan fingerprint density at radius 2 is 2.00 bits per heavy atom. The number of nitrogens with two attached hydrogens (primary N) is 1. The van der Waals surface area contributed by atoms with Gasteiger partial charge in [0.05, 0.1) is 12.2 Å². The maximum absolute atomic E-state index is 5.72. The van der Waals surface area contributed by atoms with Crippen LogP contribution in [-0.4, -0.2) is 14.3 Å². The summed E-state index contributed by atoms with van der Waals surface area (Å²) in [6.07, 6.45) is 4.15. The van der Waals surface area contributed by atoms with Crippen LogP contribution in [0.4, 0.5) is 0 Å². The molecule has 4 nitrogen and oxygen atoms in total. The van der Waals surface area contributed by atoms with Gasteiger partial charge in [-0.05, 0) is 43.0 Å². The lowest BCUT2D eigenvalue weighted by molar-refractivity contribution is 0.524. The molecule has 3 aromatic rings. The van der Waals surface area contributed by atoms with E-state index < -0.39 is 0 Å². The molecular formula is C16H20N4. The molecule has 0 spiro atoms. The van der Waals surface area contributed by atoms with Crippen molar-refractivity contribution < 1.29 is 0 Å². The molecule has 2 heterocycles. The van der Waals surface area contributed by atoms with Crippen LogP contribution >= 0.6 is 0 Å². The predicted molar refractivity (Wildman–Crippen MR) is 81.5 cm³/mol. The van der Waals surface area contributed by atoms with E-state index in [1.165, 1.54) is 10.9 Å². The molecule has 1 aromatic carbocycles. The molecule has 20 heavy (non-hydrogen) atoms. The molecule has 0 atom stereocenters. The lowest BCUT2D eigenvalue weighted by atomic mass is 10.1. The summed E-state index contributed by atoms with van der Waals surface area (Å²) < 4.78 is 4.22. The second-order valence-electron chi connectivity index (χ2n) is 5.42. The van der Waals surface area contributed by atoms with Gasteiger partial charge in [0, 0.05) is 30.5 Å². The van der Waals surface area contributed by atoms with E-state index in [0.29, 0.717) is 12.6 Å². The van der Waals surface area contributed by atoms with Crippen LogP contribution in [0.25, 0.3) is 10.9 Å². The van der Waals surface area contributed by atoms with Crippen molar-refractivity contribution in [1.29, 1.82) is 0 Å². The van der Waals surface area contributed by atoms with Crippen LogP contribution in [0.2, 0.25) is 0 Å². The molecule has 2 aromatic heterocycles. The summed E-state index contributed by atoms with van der Waals surface area (Å²) in [5.74, 6) is 0. The first-order chi connectivity index (χ1) is 9.67. The molecule has 0 radical (unpaired) electrons. The van der Waals surface area contributed by atoms with Gasteiger partial charge in [0.1, 0.15) is 0 Å². The summed E-state index contributed by atoms with van der Waals surface area (Å²) in [5.41, 5.74) is 9.17. The van der Waals surface area contributed by atoms with E-state index in [4.69, 9.17) is 5.73 Å². The number of hydrogen-bond acceptors (Lipinski definition) is 2. The summed E-state index contributed by atoms with van der Waals surface area (Å²) in [6.45, 7) is 5.63. The Kier molecular flexibility index (Phi) is 3.32. The van der Waals surface area contributed by atoms with Crippen LogP contribution in [0.15, 0.2) is 42.7 Å². The quantitative estimate of drug-likeness (QED) is 0.791. The summed E-state index contributed by atoms with van der Waals surface area (Å²) in [6, 6.07) is 11.0. The molecule has 0 amide bonds. The molecule has 3 rings (SSSR count). The fourth-order valence-corrected chi connectivity index (χ4v) is 2.42. The third kappa shape index (κ3) is 2.34. The first-order valence-corrected chi connectivity index (χ1v) is 6.99. The van der Waals surface area contributed by atoms with E-state index in [9.17, 15) is 0 Å². The topological polar surface area (TPSA) is 48.8 Å². The molecule has 0 saturated carbocycles. The van der Waals surface area contributed by atoms with Crippen molar-refractivity contribution >= 4 is 10.9 Å². The van der Waals surface area contributed by atoms with Gasteiger partial charge in [-0.3, -0.25) is 4.68 Å². The largest absolute Gasteiger partial charge is 0.341 e. The zero-order valence-electron chi connectivity index (χ0n) is 12.0. The van der Waals surface area contributed by atoms with E-state index in [2.05, 4.69) is 60.0 Å². The van der Waals surface area contributed by atoms with Gasteiger partial charge in [-0.1, -0.05) is 12.1 Å². The standard InChI is InChI=1S/C16H20N4/c1-12(2)20-8-6-15(18-20)11-19-7-5-14-4-3-13(10-17)9-16(14)19/h3-9,12H,10-11,17H2,1-2H3. The Labute approximate surface area is 118 Å².